The van der Waals surface area contributed by atoms with Gasteiger partial charge >= 0.3 is 5.97 Å². The fraction of sp³-hybridized carbons (Fsp3) is 0.500. The van der Waals surface area contributed by atoms with Crippen LogP contribution >= 0.6 is 0 Å². The predicted octanol–water partition coefficient (Wildman–Crippen LogP) is 2.93. The minimum absolute atomic E-state index is 0.403. The molecule has 1 unspecified atom stereocenters. The van der Waals surface area contributed by atoms with Crippen LogP contribution in [-0.4, -0.2) is 24.2 Å². The molecule has 1 aromatic carbocycles. The summed E-state index contributed by atoms with van der Waals surface area (Å²) in [5, 5.41) is 8.99. The van der Waals surface area contributed by atoms with E-state index in [1.54, 1.807) is 6.07 Å². The predicted molar refractivity (Wildman–Crippen MR) is 68.7 cm³/mol. The lowest BCUT2D eigenvalue weighted by atomic mass is 10.1. The SMILES string of the molecule is CCC1CCN(c2ccc(C(=O)O)c(C)c2)C1. The molecule has 1 aliphatic rings. The number of carbonyl (C=O) groups is 1. The largest absolute Gasteiger partial charge is 0.478 e. The van der Waals surface area contributed by atoms with E-state index in [9.17, 15) is 4.79 Å². The number of benzene rings is 1. The summed E-state index contributed by atoms with van der Waals surface area (Å²) in [4.78, 5) is 13.3. The average Bonchev–Trinajstić information content (AvgIpc) is 2.76. The number of aromatic carboxylic acids is 1. The second kappa shape index (κ2) is 4.78. The van der Waals surface area contributed by atoms with Gasteiger partial charge in [-0.3, -0.25) is 0 Å². The van der Waals surface area contributed by atoms with Gasteiger partial charge in [0.15, 0.2) is 0 Å². The second-order valence-electron chi connectivity index (χ2n) is 4.81. The Morgan fingerprint density at radius 2 is 2.29 bits per heavy atom. The highest BCUT2D eigenvalue weighted by Crippen LogP contribution is 2.27. The Balaban J connectivity index is 2.18. The fourth-order valence-electron chi connectivity index (χ4n) is 2.48. The smallest absolute Gasteiger partial charge is 0.335 e. The lowest BCUT2D eigenvalue weighted by Gasteiger charge is -2.19. The van der Waals surface area contributed by atoms with E-state index in [2.05, 4.69) is 11.8 Å². The molecule has 1 aromatic rings. The number of hydrogen-bond acceptors (Lipinski definition) is 2. The minimum Gasteiger partial charge on any atom is -0.478 e. The van der Waals surface area contributed by atoms with Crippen molar-refractivity contribution in [1.29, 1.82) is 0 Å². The molecular formula is C14H19NO2. The van der Waals surface area contributed by atoms with Crippen LogP contribution in [0.25, 0.3) is 0 Å². The summed E-state index contributed by atoms with van der Waals surface area (Å²) in [5.74, 6) is -0.0589. The normalized spacial score (nSPS) is 19.6. The molecule has 1 atom stereocenters. The highest BCUT2D eigenvalue weighted by Gasteiger charge is 2.21. The first-order chi connectivity index (χ1) is 8.11. The third-order valence-corrected chi connectivity index (χ3v) is 3.67. The molecule has 0 bridgehead atoms. The molecule has 0 aromatic heterocycles. The van der Waals surface area contributed by atoms with Crippen molar-refractivity contribution in [2.45, 2.75) is 26.7 Å². The van der Waals surface area contributed by atoms with Crippen molar-refractivity contribution in [1.82, 2.24) is 0 Å². The van der Waals surface area contributed by atoms with E-state index in [1.165, 1.54) is 12.8 Å². The van der Waals surface area contributed by atoms with E-state index in [0.29, 0.717) is 5.56 Å². The molecule has 0 radical (unpaired) electrons. The van der Waals surface area contributed by atoms with Crippen LogP contribution in [0.15, 0.2) is 18.2 Å². The summed E-state index contributed by atoms with van der Waals surface area (Å²) in [6, 6.07) is 5.63. The molecule has 1 aliphatic heterocycles. The zero-order chi connectivity index (χ0) is 12.4. The number of rotatable bonds is 3. The van der Waals surface area contributed by atoms with E-state index in [1.807, 2.05) is 19.1 Å². The molecule has 1 fully saturated rings. The van der Waals surface area contributed by atoms with Crippen LogP contribution in [0.5, 0.6) is 0 Å². The van der Waals surface area contributed by atoms with Crippen LogP contribution in [-0.2, 0) is 0 Å². The number of aryl methyl sites for hydroxylation is 1. The third kappa shape index (κ3) is 2.43. The van der Waals surface area contributed by atoms with E-state index >= 15 is 0 Å². The minimum atomic E-state index is -0.845. The number of carboxylic acids is 1. The van der Waals surface area contributed by atoms with E-state index < -0.39 is 5.97 Å². The van der Waals surface area contributed by atoms with E-state index in [4.69, 9.17) is 5.11 Å². The highest BCUT2D eigenvalue weighted by atomic mass is 16.4. The molecule has 92 valence electrons. The number of nitrogens with zero attached hydrogens (tertiary/aromatic N) is 1. The zero-order valence-corrected chi connectivity index (χ0v) is 10.4. The first kappa shape index (κ1) is 12.0. The molecule has 1 saturated heterocycles. The van der Waals surface area contributed by atoms with E-state index in [-0.39, 0.29) is 0 Å². The number of anilines is 1. The lowest BCUT2D eigenvalue weighted by Crippen LogP contribution is -2.19. The molecule has 0 amide bonds. The fourth-order valence-corrected chi connectivity index (χ4v) is 2.48. The summed E-state index contributed by atoms with van der Waals surface area (Å²) in [6.07, 6.45) is 2.47. The Morgan fingerprint density at radius 1 is 1.53 bits per heavy atom. The first-order valence-corrected chi connectivity index (χ1v) is 6.20. The average molecular weight is 233 g/mol. The van der Waals surface area contributed by atoms with Crippen LogP contribution in [0.1, 0.15) is 35.7 Å². The maximum atomic E-state index is 10.9. The summed E-state index contributed by atoms with van der Waals surface area (Å²) < 4.78 is 0. The van der Waals surface area contributed by atoms with Gasteiger partial charge in [0.1, 0.15) is 0 Å². The number of hydrogen-bond donors (Lipinski definition) is 1. The van der Waals surface area contributed by atoms with Crippen molar-refractivity contribution in [3.05, 3.63) is 29.3 Å². The Kier molecular flexibility index (Phi) is 3.36. The van der Waals surface area contributed by atoms with Crippen molar-refractivity contribution >= 4 is 11.7 Å². The van der Waals surface area contributed by atoms with Crippen molar-refractivity contribution in [3.8, 4) is 0 Å². The van der Waals surface area contributed by atoms with Gasteiger partial charge in [-0.25, -0.2) is 4.79 Å². The van der Waals surface area contributed by atoms with Crippen LogP contribution in [0.3, 0.4) is 0 Å². The topological polar surface area (TPSA) is 40.5 Å². The maximum Gasteiger partial charge on any atom is 0.335 e. The number of carboxylic acid groups (broad SMARTS) is 1. The van der Waals surface area contributed by atoms with Gasteiger partial charge < -0.3 is 10.0 Å². The van der Waals surface area contributed by atoms with Crippen molar-refractivity contribution in [2.75, 3.05) is 18.0 Å². The monoisotopic (exact) mass is 233 g/mol. The maximum absolute atomic E-state index is 10.9. The molecule has 3 heteroatoms. The van der Waals surface area contributed by atoms with Gasteiger partial charge in [0, 0.05) is 18.8 Å². The van der Waals surface area contributed by atoms with Crippen LogP contribution in [0.4, 0.5) is 5.69 Å². The molecule has 1 N–H and O–H groups in total. The molecule has 0 aliphatic carbocycles. The molecule has 0 spiro atoms. The van der Waals surface area contributed by atoms with Gasteiger partial charge in [-0.15, -0.1) is 0 Å². The van der Waals surface area contributed by atoms with Gasteiger partial charge in [-0.05, 0) is 43.0 Å². The van der Waals surface area contributed by atoms with Gasteiger partial charge in [0.25, 0.3) is 0 Å². The van der Waals surface area contributed by atoms with Crippen LogP contribution < -0.4 is 4.90 Å². The van der Waals surface area contributed by atoms with Gasteiger partial charge in [0.2, 0.25) is 0 Å². The summed E-state index contributed by atoms with van der Waals surface area (Å²) in [6.45, 7) is 6.28. The first-order valence-electron chi connectivity index (χ1n) is 6.20. The molecule has 3 nitrogen and oxygen atoms in total. The van der Waals surface area contributed by atoms with Crippen LogP contribution in [0.2, 0.25) is 0 Å². The van der Waals surface area contributed by atoms with Crippen LogP contribution in [0, 0.1) is 12.8 Å². The molecule has 17 heavy (non-hydrogen) atoms. The highest BCUT2D eigenvalue weighted by molar-refractivity contribution is 5.89. The van der Waals surface area contributed by atoms with Crippen molar-refractivity contribution in [3.63, 3.8) is 0 Å². The molecule has 1 heterocycles. The van der Waals surface area contributed by atoms with E-state index in [0.717, 1.165) is 30.3 Å². The Labute approximate surface area is 102 Å². The van der Waals surface area contributed by atoms with Gasteiger partial charge in [-0.2, -0.15) is 0 Å². The quantitative estimate of drug-likeness (QED) is 0.872. The second-order valence-corrected chi connectivity index (χ2v) is 4.81. The molecule has 0 saturated carbocycles. The third-order valence-electron chi connectivity index (χ3n) is 3.67. The van der Waals surface area contributed by atoms with Crippen molar-refractivity contribution < 1.29 is 9.90 Å². The molecular weight excluding hydrogens is 214 g/mol. The molecule has 2 rings (SSSR count). The zero-order valence-electron chi connectivity index (χ0n) is 10.4. The van der Waals surface area contributed by atoms with Gasteiger partial charge in [-0.1, -0.05) is 13.3 Å². The van der Waals surface area contributed by atoms with Gasteiger partial charge in [0.05, 0.1) is 5.56 Å². The Morgan fingerprint density at radius 3 is 2.82 bits per heavy atom. The lowest BCUT2D eigenvalue weighted by molar-refractivity contribution is 0.0696. The summed E-state index contributed by atoms with van der Waals surface area (Å²) >= 11 is 0. The van der Waals surface area contributed by atoms with Crippen molar-refractivity contribution in [2.24, 2.45) is 5.92 Å². The Bertz CT molecular complexity index is 428. The summed E-state index contributed by atoms with van der Waals surface area (Å²) in [5.41, 5.74) is 2.40. The standard InChI is InChI=1S/C14H19NO2/c1-3-11-6-7-15(9-11)12-4-5-13(14(16)17)10(2)8-12/h4-5,8,11H,3,6-7,9H2,1-2H3,(H,16,17). The Hall–Kier alpha value is -1.51. The summed E-state index contributed by atoms with van der Waals surface area (Å²) in [7, 11) is 0.